The molecule has 2 aromatic heterocycles. The van der Waals surface area contributed by atoms with Crippen molar-refractivity contribution in [2.45, 2.75) is 13.5 Å². The highest BCUT2D eigenvalue weighted by Crippen LogP contribution is 2.20. The van der Waals surface area contributed by atoms with E-state index in [0.717, 1.165) is 16.5 Å². The van der Waals surface area contributed by atoms with Crippen molar-refractivity contribution in [1.82, 2.24) is 14.5 Å². The van der Waals surface area contributed by atoms with Gasteiger partial charge in [0.05, 0.1) is 16.8 Å². The van der Waals surface area contributed by atoms with Crippen LogP contribution in [-0.4, -0.2) is 40.2 Å². The van der Waals surface area contributed by atoms with Crippen LogP contribution in [0.1, 0.15) is 37.5 Å². The van der Waals surface area contributed by atoms with Crippen LogP contribution in [0.15, 0.2) is 73.1 Å². The smallest absolute Gasteiger partial charge is 0.255 e. The number of rotatable bonds is 5. The van der Waals surface area contributed by atoms with E-state index in [1.165, 1.54) is 0 Å². The summed E-state index contributed by atoms with van der Waals surface area (Å²) < 4.78 is 1.93. The van der Waals surface area contributed by atoms with Gasteiger partial charge in [-0.3, -0.25) is 14.6 Å². The van der Waals surface area contributed by atoms with Crippen molar-refractivity contribution < 1.29 is 9.59 Å². The van der Waals surface area contributed by atoms with E-state index in [-0.39, 0.29) is 11.7 Å². The van der Waals surface area contributed by atoms with Crippen molar-refractivity contribution in [1.29, 1.82) is 0 Å². The zero-order chi connectivity index (χ0) is 21.3. The number of carbonyl (C=O) groups is 2. The fraction of sp³-hybridized carbons (Fsp3) is 0.160. The van der Waals surface area contributed by atoms with Gasteiger partial charge >= 0.3 is 0 Å². The zero-order valence-corrected chi connectivity index (χ0v) is 17.3. The van der Waals surface area contributed by atoms with Crippen LogP contribution in [0.4, 0.5) is 0 Å². The fourth-order valence-electron chi connectivity index (χ4n) is 3.51. The standard InChI is InChI=1S/C25H23N3O2/c1-17-9-11-19(12-10-17)24(29)22-8-5-13-28(22)16-18-14-20-6-4-7-21(23(20)26-15-18)25(30)27(2)3/h4-15H,16H2,1-3H3. The highest BCUT2D eigenvalue weighted by atomic mass is 16.2. The largest absolute Gasteiger partial charge is 0.345 e. The minimum absolute atomic E-state index is 0.00684. The Kier molecular flexibility index (Phi) is 5.19. The number of para-hydroxylation sites is 1. The van der Waals surface area contributed by atoms with Crippen LogP contribution in [0, 0.1) is 6.92 Å². The van der Waals surface area contributed by atoms with Gasteiger partial charge in [0.15, 0.2) is 0 Å². The van der Waals surface area contributed by atoms with E-state index in [9.17, 15) is 9.59 Å². The Bertz CT molecular complexity index is 1240. The van der Waals surface area contributed by atoms with Crippen molar-refractivity contribution in [3.05, 3.63) is 101 Å². The van der Waals surface area contributed by atoms with Crippen LogP contribution in [0.3, 0.4) is 0 Å². The number of hydrogen-bond donors (Lipinski definition) is 0. The molecule has 0 saturated heterocycles. The molecule has 0 unspecified atom stereocenters. The molecular formula is C25H23N3O2. The van der Waals surface area contributed by atoms with E-state index in [0.29, 0.717) is 28.9 Å². The minimum Gasteiger partial charge on any atom is -0.345 e. The molecule has 30 heavy (non-hydrogen) atoms. The van der Waals surface area contributed by atoms with Gasteiger partial charge in [0, 0.05) is 44.0 Å². The Morgan fingerprint density at radius 3 is 2.50 bits per heavy atom. The number of fused-ring (bicyclic) bond motifs is 1. The Morgan fingerprint density at radius 1 is 1.00 bits per heavy atom. The van der Waals surface area contributed by atoms with Crippen molar-refractivity contribution in [3.63, 3.8) is 0 Å². The van der Waals surface area contributed by atoms with Gasteiger partial charge in [-0.05, 0) is 36.8 Å². The lowest BCUT2D eigenvalue weighted by atomic mass is 10.1. The molecule has 5 nitrogen and oxygen atoms in total. The molecule has 0 atom stereocenters. The average molecular weight is 397 g/mol. The number of pyridine rings is 1. The number of carbonyl (C=O) groups excluding carboxylic acids is 2. The number of hydrogen-bond acceptors (Lipinski definition) is 3. The van der Waals surface area contributed by atoms with E-state index < -0.39 is 0 Å². The summed E-state index contributed by atoms with van der Waals surface area (Å²) in [7, 11) is 3.46. The zero-order valence-electron chi connectivity index (χ0n) is 17.3. The maximum absolute atomic E-state index is 12.9. The molecule has 0 aliphatic heterocycles. The summed E-state index contributed by atoms with van der Waals surface area (Å²) in [4.78, 5) is 31.5. The lowest BCUT2D eigenvalue weighted by molar-refractivity contribution is 0.0829. The monoisotopic (exact) mass is 397 g/mol. The second-order valence-electron chi connectivity index (χ2n) is 7.64. The third-order valence-electron chi connectivity index (χ3n) is 5.13. The molecule has 5 heteroatoms. The summed E-state index contributed by atoms with van der Waals surface area (Å²) in [5.74, 6) is -0.0788. The lowest BCUT2D eigenvalue weighted by Crippen LogP contribution is -2.22. The molecule has 4 aromatic rings. The summed E-state index contributed by atoms with van der Waals surface area (Å²) >= 11 is 0. The molecule has 0 spiro atoms. The minimum atomic E-state index is -0.0720. The first-order valence-corrected chi connectivity index (χ1v) is 9.80. The van der Waals surface area contributed by atoms with Crippen molar-refractivity contribution in [3.8, 4) is 0 Å². The maximum Gasteiger partial charge on any atom is 0.255 e. The van der Waals surface area contributed by atoms with Crippen LogP contribution in [0.2, 0.25) is 0 Å². The molecule has 2 heterocycles. The maximum atomic E-state index is 12.9. The van der Waals surface area contributed by atoms with E-state index >= 15 is 0 Å². The van der Waals surface area contributed by atoms with Crippen LogP contribution in [-0.2, 0) is 6.54 Å². The van der Waals surface area contributed by atoms with Gasteiger partial charge in [0.1, 0.15) is 0 Å². The molecule has 0 saturated carbocycles. The van der Waals surface area contributed by atoms with Crippen LogP contribution in [0.5, 0.6) is 0 Å². The topological polar surface area (TPSA) is 55.2 Å². The Labute approximate surface area is 175 Å². The van der Waals surface area contributed by atoms with E-state index in [2.05, 4.69) is 4.98 Å². The van der Waals surface area contributed by atoms with Gasteiger partial charge in [0.2, 0.25) is 5.78 Å². The molecule has 150 valence electrons. The number of benzene rings is 2. The third kappa shape index (κ3) is 3.74. The summed E-state index contributed by atoms with van der Waals surface area (Å²) in [6, 6.07) is 19.0. The normalized spacial score (nSPS) is 10.9. The van der Waals surface area contributed by atoms with Crippen LogP contribution >= 0.6 is 0 Å². The molecule has 0 fully saturated rings. The SMILES string of the molecule is Cc1ccc(C(=O)c2cccn2Cc2cnc3c(C(=O)N(C)C)cccc3c2)cc1. The summed E-state index contributed by atoms with van der Waals surface area (Å²) in [5.41, 5.74) is 4.66. The lowest BCUT2D eigenvalue weighted by Gasteiger charge is -2.13. The summed E-state index contributed by atoms with van der Waals surface area (Å²) in [6.07, 6.45) is 3.67. The molecule has 0 aliphatic carbocycles. The number of ketones is 1. The van der Waals surface area contributed by atoms with Gasteiger partial charge in [0.25, 0.3) is 5.91 Å². The number of aryl methyl sites for hydroxylation is 1. The van der Waals surface area contributed by atoms with Crippen molar-refractivity contribution in [2.24, 2.45) is 0 Å². The fourth-order valence-corrected chi connectivity index (χ4v) is 3.51. The molecule has 0 bridgehead atoms. The predicted octanol–water partition coefficient (Wildman–Crippen LogP) is 4.33. The number of nitrogens with zero attached hydrogens (tertiary/aromatic N) is 3. The second kappa shape index (κ2) is 7.95. The van der Waals surface area contributed by atoms with E-state index in [4.69, 9.17) is 0 Å². The first-order chi connectivity index (χ1) is 14.4. The first-order valence-electron chi connectivity index (χ1n) is 9.80. The average Bonchev–Trinajstić information content (AvgIpc) is 3.20. The van der Waals surface area contributed by atoms with Gasteiger partial charge in [-0.15, -0.1) is 0 Å². The Balaban J connectivity index is 1.64. The quantitative estimate of drug-likeness (QED) is 0.471. The van der Waals surface area contributed by atoms with Crippen LogP contribution in [0.25, 0.3) is 10.9 Å². The number of amides is 1. The summed E-state index contributed by atoms with van der Waals surface area (Å²) in [6.45, 7) is 2.52. The Morgan fingerprint density at radius 2 is 1.77 bits per heavy atom. The number of aromatic nitrogens is 2. The van der Waals surface area contributed by atoms with Crippen molar-refractivity contribution in [2.75, 3.05) is 14.1 Å². The Hall–Kier alpha value is -3.73. The third-order valence-corrected chi connectivity index (χ3v) is 5.13. The second-order valence-corrected chi connectivity index (χ2v) is 7.64. The van der Waals surface area contributed by atoms with Gasteiger partial charge < -0.3 is 9.47 Å². The highest BCUT2D eigenvalue weighted by Gasteiger charge is 2.15. The molecule has 0 N–H and O–H groups in total. The molecule has 1 amide bonds. The van der Waals surface area contributed by atoms with E-state index in [1.807, 2.05) is 72.3 Å². The molecule has 0 radical (unpaired) electrons. The first kappa shape index (κ1) is 19.6. The van der Waals surface area contributed by atoms with Crippen molar-refractivity contribution >= 4 is 22.6 Å². The van der Waals surface area contributed by atoms with Crippen LogP contribution < -0.4 is 0 Å². The molecule has 4 rings (SSSR count). The van der Waals surface area contributed by atoms with Gasteiger partial charge in [-0.2, -0.15) is 0 Å². The predicted molar refractivity (Wildman–Crippen MR) is 118 cm³/mol. The summed E-state index contributed by atoms with van der Waals surface area (Å²) in [5, 5.41) is 0.902. The molecular weight excluding hydrogens is 374 g/mol. The van der Waals surface area contributed by atoms with Gasteiger partial charge in [-0.25, -0.2) is 0 Å². The molecule has 0 aliphatic rings. The van der Waals surface area contributed by atoms with E-state index in [1.54, 1.807) is 31.3 Å². The van der Waals surface area contributed by atoms with Gasteiger partial charge in [-0.1, -0.05) is 42.0 Å². The highest BCUT2D eigenvalue weighted by molar-refractivity contribution is 6.08. The molecule has 2 aromatic carbocycles.